The predicted molar refractivity (Wildman–Crippen MR) is 142 cm³/mol. The van der Waals surface area contributed by atoms with Crippen LogP contribution in [-0.4, -0.2) is 48.3 Å². The molecule has 0 unspecified atom stereocenters. The zero-order chi connectivity index (χ0) is 25.2. The fraction of sp³-hybridized carbons (Fsp3) is 0.276. The van der Waals surface area contributed by atoms with Gasteiger partial charge >= 0.3 is 0 Å². The smallest absolute Gasteiger partial charge is 0.257 e. The first kappa shape index (κ1) is 25.1. The molecule has 7 nitrogen and oxygen atoms in total. The van der Waals surface area contributed by atoms with Crippen LogP contribution in [0.25, 0.3) is 0 Å². The molecule has 186 valence electrons. The molecule has 1 aliphatic rings. The van der Waals surface area contributed by atoms with Crippen molar-refractivity contribution in [3.05, 3.63) is 96.1 Å². The summed E-state index contributed by atoms with van der Waals surface area (Å²) in [6, 6.07) is 26.3. The van der Waals surface area contributed by atoms with Gasteiger partial charge in [-0.3, -0.25) is 19.3 Å². The van der Waals surface area contributed by atoms with Gasteiger partial charge in [0.25, 0.3) is 5.91 Å². The zero-order valence-electron chi connectivity index (χ0n) is 20.3. The van der Waals surface area contributed by atoms with Gasteiger partial charge in [-0.1, -0.05) is 60.7 Å². The van der Waals surface area contributed by atoms with Gasteiger partial charge < -0.3 is 16.0 Å². The molecule has 0 bridgehead atoms. The maximum absolute atomic E-state index is 12.8. The molecule has 7 heteroatoms. The van der Waals surface area contributed by atoms with Crippen molar-refractivity contribution in [2.45, 2.75) is 31.7 Å². The molecule has 3 aromatic carbocycles. The average Bonchev–Trinajstić information content (AvgIpc) is 2.90. The second kappa shape index (κ2) is 12.7. The molecular formula is C29H32N4O3. The van der Waals surface area contributed by atoms with E-state index < -0.39 is 0 Å². The van der Waals surface area contributed by atoms with E-state index in [2.05, 4.69) is 20.9 Å². The Labute approximate surface area is 211 Å². The van der Waals surface area contributed by atoms with Gasteiger partial charge in [-0.05, 0) is 49.1 Å². The number of benzene rings is 3. The number of anilines is 2. The molecule has 0 aromatic heterocycles. The van der Waals surface area contributed by atoms with Crippen LogP contribution in [0, 0.1) is 0 Å². The lowest BCUT2D eigenvalue weighted by atomic mass is 10.0. The minimum absolute atomic E-state index is 0.0698. The van der Waals surface area contributed by atoms with Crippen LogP contribution < -0.4 is 16.0 Å². The van der Waals surface area contributed by atoms with Gasteiger partial charge in [0.15, 0.2) is 0 Å². The van der Waals surface area contributed by atoms with Crippen molar-refractivity contribution < 1.29 is 14.4 Å². The summed E-state index contributed by atoms with van der Waals surface area (Å²) in [6.07, 6.45) is 2.82. The van der Waals surface area contributed by atoms with Crippen LogP contribution in [0.2, 0.25) is 0 Å². The molecule has 3 amide bonds. The van der Waals surface area contributed by atoms with E-state index in [1.807, 2.05) is 60.7 Å². The first-order chi connectivity index (χ1) is 17.6. The third kappa shape index (κ3) is 7.52. The van der Waals surface area contributed by atoms with Crippen molar-refractivity contribution in [1.29, 1.82) is 0 Å². The Bertz CT molecular complexity index is 1160. The van der Waals surface area contributed by atoms with Gasteiger partial charge in [0.2, 0.25) is 11.8 Å². The lowest BCUT2D eigenvalue weighted by Gasteiger charge is -2.32. The topological polar surface area (TPSA) is 90.5 Å². The highest BCUT2D eigenvalue weighted by molar-refractivity contribution is 6.10. The number of nitrogens with zero attached hydrogens (tertiary/aromatic N) is 1. The zero-order valence-corrected chi connectivity index (χ0v) is 20.3. The van der Waals surface area contributed by atoms with Crippen LogP contribution >= 0.6 is 0 Å². The van der Waals surface area contributed by atoms with Gasteiger partial charge in [0.1, 0.15) is 0 Å². The molecule has 1 saturated heterocycles. The molecule has 0 radical (unpaired) electrons. The first-order valence-corrected chi connectivity index (χ1v) is 12.4. The van der Waals surface area contributed by atoms with E-state index in [1.165, 1.54) is 0 Å². The lowest BCUT2D eigenvalue weighted by molar-refractivity contribution is -0.122. The van der Waals surface area contributed by atoms with E-state index in [4.69, 9.17) is 0 Å². The number of rotatable bonds is 9. The Morgan fingerprint density at radius 1 is 0.750 bits per heavy atom. The van der Waals surface area contributed by atoms with Gasteiger partial charge in [0, 0.05) is 31.2 Å². The Morgan fingerprint density at radius 2 is 1.39 bits per heavy atom. The Morgan fingerprint density at radius 3 is 2.11 bits per heavy atom. The molecular weight excluding hydrogens is 452 g/mol. The number of nitrogens with one attached hydrogen (secondary N) is 3. The molecule has 3 aromatic rings. The van der Waals surface area contributed by atoms with Crippen LogP contribution in [0.15, 0.2) is 84.9 Å². The monoisotopic (exact) mass is 484 g/mol. The SMILES string of the molecule is O=C(CN1CCC(NC(=O)CCc2ccccc2)CC1)Nc1ccccc1C(=O)Nc1ccccc1. The summed E-state index contributed by atoms with van der Waals surface area (Å²) in [5.74, 6) is -0.373. The highest BCUT2D eigenvalue weighted by Gasteiger charge is 2.22. The van der Waals surface area contributed by atoms with Crippen LogP contribution in [0.1, 0.15) is 35.2 Å². The van der Waals surface area contributed by atoms with Gasteiger partial charge in [-0.15, -0.1) is 0 Å². The van der Waals surface area contributed by atoms with Gasteiger partial charge in [0.05, 0.1) is 17.8 Å². The number of hydrogen-bond acceptors (Lipinski definition) is 4. The normalized spacial score (nSPS) is 14.1. The first-order valence-electron chi connectivity index (χ1n) is 12.4. The second-order valence-electron chi connectivity index (χ2n) is 9.02. The number of likely N-dealkylation sites (tertiary alicyclic amines) is 1. The molecule has 36 heavy (non-hydrogen) atoms. The van der Waals surface area contributed by atoms with Crippen molar-refractivity contribution in [3.8, 4) is 0 Å². The standard InChI is InChI=1S/C29H32N4O3/c34-27(16-15-22-9-3-1-4-10-22)30-24-17-19-33(20-18-24)21-28(35)32-26-14-8-7-13-25(26)29(36)31-23-11-5-2-6-12-23/h1-14,24H,15-21H2,(H,30,34)(H,31,36)(H,32,35). The highest BCUT2D eigenvalue weighted by Crippen LogP contribution is 2.18. The third-order valence-corrected chi connectivity index (χ3v) is 6.28. The van der Waals surface area contributed by atoms with Crippen molar-refractivity contribution in [1.82, 2.24) is 10.2 Å². The molecule has 1 heterocycles. The van der Waals surface area contributed by atoms with Crippen LogP contribution in [0.4, 0.5) is 11.4 Å². The van der Waals surface area contributed by atoms with Crippen molar-refractivity contribution in [2.75, 3.05) is 30.3 Å². The largest absolute Gasteiger partial charge is 0.353 e. The number of carbonyl (C=O) groups excluding carboxylic acids is 3. The summed E-state index contributed by atoms with van der Waals surface area (Å²) in [7, 11) is 0. The summed E-state index contributed by atoms with van der Waals surface area (Å²) < 4.78 is 0. The summed E-state index contributed by atoms with van der Waals surface area (Å²) >= 11 is 0. The summed E-state index contributed by atoms with van der Waals surface area (Å²) in [5, 5.41) is 8.88. The third-order valence-electron chi connectivity index (χ3n) is 6.28. The molecule has 0 atom stereocenters. The number of piperidine rings is 1. The van der Waals surface area contributed by atoms with Crippen molar-refractivity contribution in [3.63, 3.8) is 0 Å². The molecule has 4 rings (SSSR count). The van der Waals surface area contributed by atoms with Gasteiger partial charge in [-0.25, -0.2) is 0 Å². The summed E-state index contributed by atoms with van der Waals surface area (Å²) in [5.41, 5.74) is 2.74. The Kier molecular flexibility index (Phi) is 8.83. The molecule has 0 aliphatic carbocycles. The summed E-state index contributed by atoms with van der Waals surface area (Å²) in [4.78, 5) is 39.9. The van der Waals surface area contributed by atoms with E-state index in [0.29, 0.717) is 23.4 Å². The Balaban J connectivity index is 1.21. The van der Waals surface area contributed by atoms with Gasteiger partial charge in [-0.2, -0.15) is 0 Å². The number of para-hydroxylation sites is 2. The molecule has 1 aliphatic heterocycles. The lowest BCUT2D eigenvalue weighted by Crippen LogP contribution is -2.46. The predicted octanol–water partition coefficient (Wildman–Crippen LogP) is 4.09. The number of aryl methyl sites for hydroxylation is 1. The second-order valence-corrected chi connectivity index (χ2v) is 9.02. The molecule has 0 spiro atoms. The average molecular weight is 485 g/mol. The fourth-order valence-electron chi connectivity index (χ4n) is 4.34. The van der Waals surface area contributed by atoms with Crippen LogP contribution in [-0.2, 0) is 16.0 Å². The van der Waals surface area contributed by atoms with E-state index in [1.54, 1.807) is 24.3 Å². The number of hydrogen-bond donors (Lipinski definition) is 3. The quantitative estimate of drug-likeness (QED) is 0.427. The number of carbonyl (C=O) groups is 3. The minimum atomic E-state index is -0.277. The van der Waals surface area contributed by atoms with Crippen LogP contribution in [0.3, 0.4) is 0 Å². The van der Waals surface area contributed by atoms with E-state index >= 15 is 0 Å². The van der Waals surface area contributed by atoms with Crippen molar-refractivity contribution >= 4 is 29.1 Å². The fourth-order valence-corrected chi connectivity index (χ4v) is 4.34. The van der Waals surface area contributed by atoms with E-state index in [-0.39, 0.29) is 30.3 Å². The molecule has 0 saturated carbocycles. The maximum atomic E-state index is 12.8. The highest BCUT2D eigenvalue weighted by atomic mass is 16.2. The van der Waals surface area contributed by atoms with Crippen molar-refractivity contribution in [2.24, 2.45) is 0 Å². The molecule has 3 N–H and O–H groups in total. The van der Waals surface area contributed by atoms with E-state index in [0.717, 1.165) is 37.9 Å². The van der Waals surface area contributed by atoms with E-state index in [9.17, 15) is 14.4 Å². The summed E-state index contributed by atoms with van der Waals surface area (Å²) in [6.45, 7) is 1.70. The number of amides is 3. The van der Waals surface area contributed by atoms with Crippen LogP contribution in [0.5, 0.6) is 0 Å². The Hall–Kier alpha value is -3.97. The molecule has 1 fully saturated rings. The maximum Gasteiger partial charge on any atom is 0.257 e. The minimum Gasteiger partial charge on any atom is -0.353 e.